The lowest BCUT2D eigenvalue weighted by atomic mass is 9.95. The molecule has 0 bridgehead atoms. The topological polar surface area (TPSA) is 49.9 Å². The van der Waals surface area contributed by atoms with Crippen LogP contribution in [0.15, 0.2) is 166 Å². The Morgan fingerprint density at radius 2 is 1.16 bits per heavy atom. The monoisotopic (exact) mass is 577 g/mol. The van der Waals surface area contributed by atoms with E-state index in [2.05, 4.69) is 121 Å². The summed E-state index contributed by atoms with van der Waals surface area (Å²) in [7, 11) is 0. The van der Waals surface area contributed by atoms with Crippen LogP contribution in [0.3, 0.4) is 0 Å². The lowest BCUT2D eigenvalue weighted by molar-refractivity contribution is 0.669. The number of rotatable bonds is 4. The molecule has 1 N–H and O–H groups in total. The molecule has 0 amide bonds. The third-order valence-electron chi connectivity index (χ3n) is 8.72. The third kappa shape index (κ3) is 4.30. The van der Waals surface area contributed by atoms with Gasteiger partial charge in [-0.2, -0.15) is 0 Å². The number of hydrogen-bond donors (Lipinski definition) is 1. The number of hydrogen-bond acceptors (Lipinski definition) is 4. The predicted octanol–water partition coefficient (Wildman–Crippen LogP) is 10.1. The summed E-state index contributed by atoms with van der Waals surface area (Å²) in [5.41, 5.74) is 7.06. The fourth-order valence-electron chi connectivity index (χ4n) is 6.60. The number of nitrogens with zero attached hydrogens (tertiary/aromatic N) is 2. The number of aliphatic imine (C=N–C) groups is 2. The quantitative estimate of drug-likeness (QED) is 0.212. The first kappa shape index (κ1) is 25.5. The van der Waals surface area contributed by atoms with Crippen LogP contribution in [0.1, 0.15) is 22.9 Å². The van der Waals surface area contributed by atoms with Crippen molar-refractivity contribution < 1.29 is 4.42 Å². The number of amidine groups is 2. The van der Waals surface area contributed by atoms with Crippen LogP contribution in [0.25, 0.3) is 54.6 Å². The van der Waals surface area contributed by atoms with E-state index in [1.807, 2.05) is 36.4 Å². The molecule has 0 saturated carbocycles. The molecule has 45 heavy (non-hydrogen) atoms. The molecule has 1 aliphatic rings. The third-order valence-corrected chi connectivity index (χ3v) is 8.72. The van der Waals surface area contributed by atoms with Crippen molar-refractivity contribution in [1.82, 2.24) is 5.32 Å². The Labute approximate surface area is 260 Å². The zero-order valence-corrected chi connectivity index (χ0v) is 24.3. The molecule has 1 aromatic heterocycles. The van der Waals surface area contributed by atoms with E-state index in [0.29, 0.717) is 0 Å². The van der Waals surface area contributed by atoms with E-state index in [-0.39, 0.29) is 0 Å². The van der Waals surface area contributed by atoms with Crippen molar-refractivity contribution in [2.45, 2.75) is 6.17 Å². The maximum Gasteiger partial charge on any atom is 0.170 e. The lowest BCUT2D eigenvalue weighted by Crippen LogP contribution is -2.36. The number of furan rings is 1. The van der Waals surface area contributed by atoms with Crippen LogP contribution in [0.2, 0.25) is 0 Å². The first-order valence-corrected chi connectivity index (χ1v) is 15.2. The van der Waals surface area contributed by atoms with E-state index in [4.69, 9.17) is 14.4 Å². The molecule has 0 aliphatic carbocycles. The Bertz CT molecular complexity index is 2460. The second kappa shape index (κ2) is 10.3. The van der Waals surface area contributed by atoms with Crippen molar-refractivity contribution in [3.8, 4) is 11.1 Å². The zero-order valence-electron chi connectivity index (χ0n) is 24.3. The number of benzene rings is 7. The van der Waals surface area contributed by atoms with Gasteiger partial charge in [0.2, 0.25) is 0 Å². The molecule has 0 saturated heterocycles. The summed E-state index contributed by atoms with van der Waals surface area (Å²) < 4.78 is 6.39. The van der Waals surface area contributed by atoms with Crippen LogP contribution in [0.4, 0.5) is 0 Å². The summed E-state index contributed by atoms with van der Waals surface area (Å²) in [4.78, 5) is 10.6. The summed E-state index contributed by atoms with van der Waals surface area (Å²) in [5.74, 6) is 1.56. The van der Waals surface area contributed by atoms with Crippen molar-refractivity contribution >= 4 is 55.2 Å². The van der Waals surface area contributed by atoms with Gasteiger partial charge in [-0.05, 0) is 56.9 Å². The van der Waals surface area contributed by atoms with Crippen LogP contribution >= 0.6 is 0 Å². The minimum absolute atomic E-state index is 0.445. The van der Waals surface area contributed by atoms with Gasteiger partial charge in [-0.3, -0.25) is 0 Å². The van der Waals surface area contributed by atoms with Gasteiger partial charge in [-0.1, -0.05) is 127 Å². The minimum Gasteiger partial charge on any atom is -0.456 e. The van der Waals surface area contributed by atoms with Gasteiger partial charge in [-0.15, -0.1) is 0 Å². The fraction of sp³-hybridized carbons (Fsp3) is 0.0244. The highest BCUT2D eigenvalue weighted by molar-refractivity contribution is 6.24. The van der Waals surface area contributed by atoms with E-state index in [1.54, 1.807) is 0 Å². The summed E-state index contributed by atoms with van der Waals surface area (Å²) in [6.07, 6.45) is -0.445. The highest BCUT2D eigenvalue weighted by atomic mass is 16.3. The molecular weight excluding hydrogens is 550 g/mol. The number of nitrogens with one attached hydrogen (secondary N) is 1. The first-order valence-electron chi connectivity index (χ1n) is 15.2. The Morgan fingerprint density at radius 1 is 0.467 bits per heavy atom. The van der Waals surface area contributed by atoms with Crippen LogP contribution < -0.4 is 5.32 Å². The van der Waals surface area contributed by atoms with E-state index in [1.165, 1.54) is 21.7 Å². The molecular formula is C41H27N3O. The highest BCUT2D eigenvalue weighted by Crippen LogP contribution is 2.38. The summed E-state index contributed by atoms with van der Waals surface area (Å²) >= 11 is 0. The maximum atomic E-state index is 6.39. The van der Waals surface area contributed by atoms with Crippen LogP contribution in [0, 0.1) is 0 Å². The Morgan fingerprint density at radius 3 is 1.98 bits per heavy atom. The van der Waals surface area contributed by atoms with Crippen molar-refractivity contribution in [3.05, 3.63) is 168 Å². The van der Waals surface area contributed by atoms with E-state index >= 15 is 0 Å². The van der Waals surface area contributed by atoms with Crippen LogP contribution in [0.5, 0.6) is 0 Å². The molecule has 8 aromatic rings. The van der Waals surface area contributed by atoms with Gasteiger partial charge >= 0.3 is 0 Å². The molecule has 7 aromatic carbocycles. The average Bonchev–Trinajstić information content (AvgIpc) is 3.50. The van der Waals surface area contributed by atoms with Crippen molar-refractivity contribution in [3.63, 3.8) is 0 Å². The Hall–Kier alpha value is -6.00. The average molecular weight is 578 g/mol. The van der Waals surface area contributed by atoms with Gasteiger partial charge < -0.3 is 9.73 Å². The fourth-order valence-corrected chi connectivity index (χ4v) is 6.60. The van der Waals surface area contributed by atoms with Gasteiger partial charge in [0.15, 0.2) is 6.17 Å². The van der Waals surface area contributed by atoms with Gasteiger partial charge in [0.25, 0.3) is 0 Å². The van der Waals surface area contributed by atoms with Gasteiger partial charge in [-0.25, -0.2) is 9.98 Å². The van der Waals surface area contributed by atoms with Gasteiger partial charge in [0.1, 0.15) is 22.8 Å². The van der Waals surface area contributed by atoms with Crippen molar-refractivity contribution in [1.29, 1.82) is 0 Å². The number of fused-ring (bicyclic) bond motifs is 6. The largest absolute Gasteiger partial charge is 0.456 e. The molecule has 1 atom stereocenters. The molecule has 4 nitrogen and oxygen atoms in total. The zero-order chi connectivity index (χ0) is 29.7. The van der Waals surface area contributed by atoms with Crippen molar-refractivity contribution in [2.75, 3.05) is 0 Å². The molecule has 0 fully saturated rings. The van der Waals surface area contributed by atoms with Crippen molar-refractivity contribution in [2.24, 2.45) is 9.98 Å². The summed E-state index contributed by atoms with van der Waals surface area (Å²) in [6.45, 7) is 0. The second-order valence-corrected chi connectivity index (χ2v) is 11.4. The molecule has 0 spiro atoms. The predicted molar refractivity (Wildman–Crippen MR) is 186 cm³/mol. The van der Waals surface area contributed by atoms with E-state index in [9.17, 15) is 0 Å². The molecule has 0 radical (unpaired) electrons. The first-order chi connectivity index (χ1) is 22.3. The minimum atomic E-state index is -0.445. The normalized spacial score (nSPS) is 14.9. The maximum absolute atomic E-state index is 6.39. The SMILES string of the molecule is c1ccc(C2=NC(c3cc4ccccc4c4ccccc34)N=C(c3cccc4oc5ccc(-c6ccccc6)cc5c34)N2)cc1. The summed E-state index contributed by atoms with van der Waals surface area (Å²) in [6, 6.07) is 52.7. The molecule has 1 aliphatic heterocycles. The summed E-state index contributed by atoms with van der Waals surface area (Å²) in [5, 5.41) is 10.5. The molecule has 2 heterocycles. The standard InChI is InChI=1S/C41H27N3O/c1-3-12-26(13-4-1)28-22-23-36-35(24-28)38-33(20-11-21-37(38)45-36)40-42-39(27-14-5-2-6-15-27)43-41(44-40)34-25-29-16-7-8-17-30(29)31-18-9-10-19-32(31)34/h1-25,41H,(H,42,43,44). The molecule has 1 unspecified atom stereocenters. The second-order valence-electron chi connectivity index (χ2n) is 11.4. The highest BCUT2D eigenvalue weighted by Gasteiger charge is 2.25. The van der Waals surface area contributed by atoms with E-state index in [0.717, 1.165) is 61.2 Å². The van der Waals surface area contributed by atoms with Gasteiger partial charge in [0.05, 0.1) is 0 Å². The van der Waals surface area contributed by atoms with E-state index < -0.39 is 6.17 Å². The van der Waals surface area contributed by atoms with Crippen LogP contribution in [-0.4, -0.2) is 11.7 Å². The Kier molecular flexibility index (Phi) is 5.85. The smallest absolute Gasteiger partial charge is 0.170 e. The molecule has 212 valence electrons. The molecule has 9 rings (SSSR count). The Balaban J connectivity index is 1.28. The van der Waals surface area contributed by atoms with Gasteiger partial charge in [0, 0.05) is 27.5 Å². The lowest BCUT2D eigenvalue weighted by Gasteiger charge is -2.24. The van der Waals surface area contributed by atoms with Crippen LogP contribution in [-0.2, 0) is 0 Å². The molecule has 4 heteroatoms.